The van der Waals surface area contributed by atoms with Crippen LogP contribution < -0.4 is 5.32 Å². The van der Waals surface area contributed by atoms with Crippen molar-refractivity contribution in [1.82, 2.24) is 15.1 Å². The van der Waals surface area contributed by atoms with Crippen molar-refractivity contribution in [2.75, 3.05) is 45.8 Å². The summed E-state index contributed by atoms with van der Waals surface area (Å²) in [5.41, 5.74) is 0. The summed E-state index contributed by atoms with van der Waals surface area (Å²) in [4.78, 5) is 5.14. The molecule has 0 amide bonds. The van der Waals surface area contributed by atoms with Gasteiger partial charge in [0.1, 0.15) is 0 Å². The molecule has 2 aliphatic rings. The maximum Gasteiger partial charge on any atom is 0.0236 e. The third-order valence-electron chi connectivity index (χ3n) is 3.30. The molecule has 3 nitrogen and oxygen atoms in total. The smallest absolute Gasteiger partial charge is 0.0236 e. The Hall–Kier alpha value is -0.380. The van der Waals surface area contributed by atoms with E-state index in [4.69, 9.17) is 0 Å². The number of likely N-dealkylation sites (tertiary alicyclic amines) is 1. The van der Waals surface area contributed by atoms with Gasteiger partial charge in [-0.1, -0.05) is 6.08 Å². The van der Waals surface area contributed by atoms with E-state index in [1.807, 2.05) is 6.08 Å². The Morgan fingerprint density at radius 3 is 2.79 bits per heavy atom. The summed E-state index contributed by atoms with van der Waals surface area (Å²) in [6.45, 7) is 12.1. The highest BCUT2D eigenvalue weighted by atomic mass is 15.3. The van der Waals surface area contributed by atoms with Crippen LogP contribution in [0.2, 0.25) is 0 Å². The first-order valence-electron chi connectivity index (χ1n) is 5.68. The van der Waals surface area contributed by atoms with Crippen molar-refractivity contribution in [3.63, 3.8) is 0 Å². The minimum atomic E-state index is 0.803. The van der Waals surface area contributed by atoms with Gasteiger partial charge in [-0.3, -0.25) is 9.80 Å². The quantitative estimate of drug-likeness (QED) is 0.647. The lowest BCUT2D eigenvalue weighted by Gasteiger charge is -2.32. The van der Waals surface area contributed by atoms with Crippen molar-refractivity contribution >= 4 is 0 Å². The normalized spacial score (nSPS) is 30.7. The largest absolute Gasteiger partial charge is 0.314 e. The van der Waals surface area contributed by atoms with Gasteiger partial charge in [-0.15, -0.1) is 6.58 Å². The predicted molar refractivity (Wildman–Crippen MR) is 59.5 cm³/mol. The van der Waals surface area contributed by atoms with E-state index >= 15 is 0 Å². The average molecular weight is 195 g/mol. The molecule has 2 fully saturated rings. The number of nitrogens with zero attached hydrogens (tertiary/aromatic N) is 2. The van der Waals surface area contributed by atoms with Crippen molar-refractivity contribution in [2.24, 2.45) is 0 Å². The summed E-state index contributed by atoms with van der Waals surface area (Å²) in [6.07, 6.45) is 3.36. The molecule has 3 heteroatoms. The van der Waals surface area contributed by atoms with Crippen LogP contribution in [0.5, 0.6) is 0 Å². The summed E-state index contributed by atoms with van der Waals surface area (Å²) in [6, 6.07) is 0.803. The number of piperazine rings is 1. The molecule has 1 atom stereocenters. The second-order valence-electron chi connectivity index (χ2n) is 4.28. The van der Waals surface area contributed by atoms with Crippen LogP contribution in [0.4, 0.5) is 0 Å². The van der Waals surface area contributed by atoms with Crippen LogP contribution in [0.25, 0.3) is 0 Å². The summed E-state index contributed by atoms with van der Waals surface area (Å²) < 4.78 is 0. The standard InChI is InChI=1S/C11H21N3/c1-2-6-13-7-3-11(10-13)14-8-4-12-5-9-14/h2,11-12H,1,3-10H2. The highest BCUT2D eigenvalue weighted by molar-refractivity contribution is 4.87. The second kappa shape index (κ2) is 4.91. The molecular weight excluding hydrogens is 174 g/mol. The fourth-order valence-electron chi connectivity index (χ4n) is 2.51. The van der Waals surface area contributed by atoms with Crippen LogP contribution in [-0.2, 0) is 0 Å². The molecule has 0 aromatic carbocycles. The Bertz CT molecular complexity index is 187. The lowest BCUT2D eigenvalue weighted by atomic mass is 10.2. The molecule has 0 spiro atoms. The van der Waals surface area contributed by atoms with E-state index < -0.39 is 0 Å². The topological polar surface area (TPSA) is 18.5 Å². The van der Waals surface area contributed by atoms with Crippen LogP contribution in [0.15, 0.2) is 12.7 Å². The molecule has 0 bridgehead atoms. The predicted octanol–water partition coefficient (Wildman–Crippen LogP) is 0.152. The number of hydrogen-bond donors (Lipinski definition) is 1. The van der Waals surface area contributed by atoms with E-state index in [1.54, 1.807) is 0 Å². The summed E-state index contributed by atoms with van der Waals surface area (Å²) >= 11 is 0. The van der Waals surface area contributed by atoms with Crippen LogP contribution in [0, 0.1) is 0 Å². The molecular formula is C11H21N3. The lowest BCUT2D eigenvalue weighted by molar-refractivity contribution is 0.173. The van der Waals surface area contributed by atoms with Gasteiger partial charge in [0.05, 0.1) is 0 Å². The molecule has 0 aromatic rings. The van der Waals surface area contributed by atoms with Gasteiger partial charge in [-0.2, -0.15) is 0 Å². The van der Waals surface area contributed by atoms with Crippen molar-refractivity contribution in [3.8, 4) is 0 Å². The minimum absolute atomic E-state index is 0.803. The molecule has 2 saturated heterocycles. The van der Waals surface area contributed by atoms with Crippen LogP contribution in [0.3, 0.4) is 0 Å². The highest BCUT2D eigenvalue weighted by Crippen LogP contribution is 2.15. The molecule has 80 valence electrons. The van der Waals surface area contributed by atoms with E-state index in [0.717, 1.165) is 25.7 Å². The third kappa shape index (κ3) is 2.35. The molecule has 14 heavy (non-hydrogen) atoms. The van der Waals surface area contributed by atoms with Crippen LogP contribution in [-0.4, -0.2) is 61.7 Å². The van der Waals surface area contributed by atoms with Crippen LogP contribution >= 0.6 is 0 Å². The zero-order valence-corrected chi connectivity index (χ0v) is 8.91. The maximum atomic E-state index is 3.80. The van der Waals surface area contributed by atoms with Crippen molar-refractivity contribution in [2.45, 2.75) is 12.5 Å². The van der Waals surface area contributed by atoms with Gasteiger partial charge in [-0.05, 0) is 6.42 Å². The Labute approximate surface area is 86.8 Å². The monoisotopic (exact) mass is 195 g/mol. The van der Waals surface area contributed by atoms with Gasteiger partial charge in [0.2, 0.25) is 0 Å². The lowest BCUT2D eigenvalue weighted by Crippen LogP contribution is -2.49. The van der Waals surface area contributed by atoms with Gasteiger partial charge < -0.3 is 5.32 Å². The van der Waals surface area contributed by atoms with Gasteiger partial charge in [0.25, 0.3) is 0 Å². The van der Waals surface area contributed by atoms with E-state index in [0.29, 0.717) is 0 Å². The third-order valence-corrected chi connectivity index (χ3v) is 3.30. The molecule has 2 heterocycles. The first-order valence-corrected chi connectivity index (χ1v) is 5.68. The SMILES string of the molecule is C=CCN1CCC(N2CCNCC2)C1. The minimum Gasteiger partial charge on any atom is -0.314 e. The first kappa shape index (κ1) is 10.1. The highest BCUT2D eigenvalue weighted by Gasteiger charge is 2.27. The first-order chi connectivity index (χ1) is 6.90. The zero-order valence-electron chi connectivity index (χ0n) is 8.91. The van der Waals surface area contributed by atoms with E-state index in [2.05, 4.69) is 21.7 Å². The van der Waals surface area contributed by atoms with Gasteiger partial charge in [0.15, 0.2) is 0 Å². The Kier molecular flexibility index (Phi) is 3.56. The van der Waals surface area contributed by atoms with Crippen molar-refractivity contribution in [1.29, 1.82) is 0 Å². The summed E-state index contributed by atoms with van der Waals surface area (Å²) in [5, 5.41) is 3.40. The maximum absolute atomic E-state index is 3.80. The Balaban J connectivity index is 1.78. The van der Waals surface area contributed by atoms with Crippen molar-refractivity contribution < 1.29 is 0 Å². The van der Waals surface area contributed by atoms with Gasteiger partial charge in [-0.25, -0.2) is 0 Å². The van der Waals surface area contributed by atoms with E-state index in [9.17, 15) is 0 Å². The molecule has 1 N–H and O–H groups in total. The molecule has 2 rings (SSSR count). The Morgan fingerprint density at radius 1 is 1.29 bits per heavy atom. The fraction of sp³-hybridized carbons (Fsp3) is 0.818. The van der Waals surface area contributed by atoms with E-state index in [1.165, 1.54) is 32.6 Å². The molecule has 1 unspecified atom stereocenters. The molecule has 0 saturated carbocycles. The van der Waals surface area contributed by atoms with Crippen molar-refractivity contribution in [3.05, 3.63) is 12.7 Å². The van der Waals surface area contributed by atoms with Crippen LogP contribution in [0.1, 0.15) is 6.42 Å². The summed E-state index contributed by atoms with van der Waals surface area (Å²) in [7, 11) is 0. The summed E-state index contributed by atoms with van der Waals surface area (Å²) in [5.74, 6) is 0. The molecule has 0 aliphatic carbocycles. The van der Waals surface area contributed by atoms with Gasteiger partial charge >= 0.3 is 0 Å². The molecule has 0 aromatic heterocycles. The van der Waals surface area contributed by atoms with Gasteiger partial charge in [0, 0.05) is 51.9 Å². The number of nitrogens with one attached hydrogen (secondary N) is 1. The number of hydrogen-bond acceptors (Lipinski definition) is 3. The molecule has 2 aliphatic heterocycles. The second-order valence-corrected chi connectivity index (χ2v) is 4.28. The fourth-order valence-corrected chi connectivity index (χ4v) is 2.51. The number of rotatable bonds is 3. The Morgan fingerprint density at radius 2 is 2.07 bits per heavy atom. The van der Waals surface area contributed by atoms with E-state index in [-0.39, 0.29) is 0 Å². The average Bonchev–Trinajstić information content (AvgIpc) is 2.68. The zero-order chi connectivity index (χ0) is 9.80. The molecule has 0 radical (unpaired) electrons.